The van der Waals surface area contributed by atoms with E-state index in [1.165, 1.54) is 24.3 Å². The molecule has 0 saturated carbocycles. The monoisotopic (exact) mass is 217 g/mol. The molecule has 2 aliphatic heterocycles. The molecule has 3 heterocycles. The van der Waals surface area contributed by atoms with E-state index in [-0.39, 0.29) is 0 Å². The van der Waals surface area contributed by atoms with Crippen LogP contribution in [0.2, 0.25) is 0 Å². The lowest BCUT2D eigenvalue weighted by atomic mass is 9.76. The van der Waals surface area contributed by atoms with Crippen molar-refractivity contribution in [2.24, 2.45) is 0 Å². The quantitative estimate of drug-likeness (QED) is 0.710. The van der Waals surface area contributed by atoms with E-state index in [9.17, 15) is 0 Å². The summed E-state index contributed by atoms with van der Waals surface area (Å²) in [6.07, 6.45) is 3.96. The molecule has 1 aromatic heterocycles. The Morgan fingerprint density at radius 2 is 2.06 bits per heavy atom. The fourth-order valence-corrected chi connectivity index (χ4v) is 3.28. The standard InChI is InChI=1S/C13H19N3/c1-10(2)16-9-13(7-15(3)8-13)11-4-5-14-6-12(11)16/h4-6,10H,7-9H2,1-3H3. The number of hydrogen-bond donors (Lipinski definition) is 0. The third-order valence-electron chi connectivity index (χ3n) is 3.92. The number of rotatable bonds is 1. The van der Waals surface area contributed by atoms with Crippen LogP contribution in [0, 0.1) is 0 Å². The Balaban J connectivity index is 2.03. The van der Waals surface area contributed by atoms with Crippen LogP contribution in [0.5, 0.6) is 0 Å². The number of aromatic nitrogens is 1. The summed E-state index contributed by atoms with van der Waals surface area (Å²) in [5, 5.41) is 0. The first-order valence-electron chi connectivity index (χ1n) is 6.02. The zero-order chi connectivity index (χ0) is 11.3. The summed E-state index contributed by atoms with van der Waals surface area (Å²) in [6.45, 7) is 8.06. The fourth-order valence-electron chi connectivity index (χ4n) is 3.28. The molecule has 0 aliphatic carbocycles. The Morgan fingerprint density at radius 3 is 2.69 bits per heavy atom. The topological polar surface area (TPSA) is 19.4 Å². The first kappa shape index (κ1) is 10.1. The van der Waals surface area contributed by atoms with Gasteiger partial charge in [-0.1, -0.05) is 0 Å². The highest BCUT2D eigenvalue weighted by atomic mass is 15.3. The molecule has 86 valence electrons. The van der Waals surface area contributed by atoms with Crippen molar-refractivity contribution < 1.29 is 0 Å². The molecular formula is C13H19N3. The maximum absolute atomic E-state index is 4.28. The SMILES string of the molecule is CC(C)N1CC2(CN(C)C2)c2ccncc21. The Hall–Kier alpha value is -1.09. The molecule has 1 aromatic rings. The minimum Gasteiger partial charge on any atom is -0.367 e. The van der Waals surface area contributed by atoms with Crippen LogP contribution in [-0.2, 0) is 5.41 Å². The van der Waals surface area contributed by atoms with Gasteiger partial charge in [-0.3, -0.25) is 4.98 Å². The summed E-state index contributed by atoms with van der Waals surface area (Å²) in [4.78, 5) is 9.17. The van der Waals surface area contributed by atoms with Crippen molar-refractivity contribution in [3.63, 3.8) is 0 Å². The third kappa shape index (κ3) is 1.21. The van der Waals surface area contributed by atoms with Gasteiger partial charge in [0.2, 0.25) is 0 Å². The molecule has 16 heavy (non-hydrogen) atoms. The zero-order valence-corrected chi connectivity index (χ0v) is 10.3. The van der Waals surface area contributed by atoms with Gasteiger partial charge in [-0.05, 0) is 32.5 Å². The van der Waals surface area contributed by atoms with E-state index in [1.807, 2.05) is 12.4 Å². The number of anilines is 1. The lowest BCUT2D eigenvalue weighted by molar-refractivity contribution is 0.105. The maximum Gasteiger partial charge on any atom is 0.0595 e. The molecule has 0 N–H and O–H groups in total. The van der Waals surface area contributed by atoms with E-state index >= 15 is 0 Å². The highest BCUT2D eigenvalue weighted by molar-refractivity contribution is 5.63. The normalized spacial score (nSPS) is 22.6. The highest BCUT2D eigenvalue weighted by Gasteiger charge is 2.50. The zero-order valence-electron chi connectivity index (χ0n) is 10.3. The van der Waals surface area contributed by atoms with Gasteiger partial charge in [-0.2, -0.15) is 0 Å². The van der Waals surface area contributed by atoms with E-state index in [0.29, 0.717) is 11.5 Å². The van der Waals surface area contributed by atoms with Crippen LogP contribution in [0.3, 0.4) is 0 Å². The van der Waals surface area contributed by atoms with E-state index in [2.05, 4.69) is 41.7 Å². The van der Waals surface area contributed by atoms with Gasteiger partial charge >= 0.3 is 0 Å². The van der Waals surface area contributed by atoms with Crippen LogP contribution in [0.25, 0.3) is 0 Å². The summed E-state index contributed by atoms with van der Waals surface area (Å²) in [6, 6.07) is 2.78. The Kier molecular flexibility index (Phi) is 2.02. The average molecular weight is 217 g/mol. The molecule has 0 aromatic carbocycles. The number of nitrogens with zero attached hydrogens (tertiary/aromatic N) is 3. The van der Waals surface area contributed by atoms with Crippen LogP contribution in [0.1, 0.15) is 19.4 Å². The molecule has 1 fully saturated rings. The van der Waals surface area contributed by atoms with Crippen LogP contribution in [0.4, 0.5) is 5.69 Å². The second-order valence-electron chi connectivity index (χ2n) is 5.57. The van der Waals surface area contributed by atoms with Crippen molar-refractivity contribution >= 4 is 5.69 Å². The summed E-state index contributed by atoms with van der Waals surface area (Å²) in [5.41, 5.74) is 3.25. The van der Waals surface area contributed by atoms with Gasteiger partial charge < -0.3 is 9.80 Å². The summed E-state index contributed by atoms with van der Waals surface area (Å²) < 4.78 is 0. The molecule has 0 radical (unpaired) electrons. The van der Waals surface area contributed by atoms with Crippen molar-refractivity contribution in [2.75, 3.05) is 31.6 Å². The molecule has 2 aliphatic rings. The molecule has 0 atom stereocenters. The Labute approximate surface area is 97.1 Å². The van der Waals surface area contributed by atoms with Crippen molar-refractivity contribution in [3.8, 4) is 0 Å². The average Bonchev–Trinajstić information content (AvgIpc) is 2.54. The second kappa shape index (κ2) is 3.20. The van der Waals surface area contributed by atoms with Crippen LogP contribution in [-0.4, -0.2) is 42.6 Å². The Morgan fingerprint density at radius 1 is 1.31 bits per heavy atom. The maximum atomic E-state index is 4.28. The third-order valence-corrected chi connectivity index (χ3v) is 3.92. The smallest absolute Gasteiger partial charge is 0.0595 e. The number of likely N-dealkylation sites (N-methyl/N-ethyl adjacent to an activating group) is 1. The second-order valence-corrected chi connectivity index (χ2v) is 5.57. The van der Waals surface area contributed by atoms with Gasteiger partial charge in [0.15, 0.2) is 0 Å². The van der Waals surface area contributed by atoms with Gasteiger partial charge in [0, 0.05) is 37.3 Å². The molecule has 3 nitrogen and oxygen atoms in total. The molecule has 0 amide bonds. The van der Waals surface area contributed by atoms with Gasteiger partial charge in [0.05, 0.1) is 11.9 Å². The molecular weight excluding hydrogens is 198 g/mol. The van der Waals surface area contributed by atoms with E-state index in [0.717, 1.165) is 6.54 Å². The number of hydrogen-bond acceptors (Lipinski definition) is 3. The van der Waals surface area contributed by atoms with Crippen molar-refractivity contribution in [3.05, 3.63) is 24.0 Å². The molecule has 0 bridgehead atoms. The summed E-state index contributed by atoms with van der Waals surface area (Å²) in [7, 11) is 2.20. The molecule has 3 rings (SSSR count). The van der Waals surface area contributed by atoms with E-state index < -0.39 is 0 Å². The molecule has 3 heteroatoms. The predicted octanol–water partition coefficient (Wildman–Crippen LogP) is 1.49. The van der Waals surface area contributed by atoms with Crippen LogP contribution in [0.15, 0.2) is 18.5 Å². The van der Waals surface area contributed by atoms with Crippen molar-refractivity contribution in [1.82, 2.24) is 9.88 Å². The predicted molar refractivity (Wildman–Crippen MR) is 65.9 cm³/mol. The van der Waals surface area contributed by atoms with Crippen LogP contribution >= 0.6 is 0 Å². The fraction of sp³-hybridized carbons (Fsp3) is 0.615. The van der Waals surface area contributed by atoms with E-state index in [4.69, 9.17) is 0 Å². The molecule has 0 unspecified atom stereocenters. The number of likely N-dealkylation sites (tertiary alicyclic amines) is 1. The minimum absolute atomic E-state index is 0.386. The number of pyridine rings is 1. The van der Waals surface area contributed by atoms with Crippen molar-refractivity contribution in [1.29, 1.82) is 0 Å². The molecule has 1 spiro atoms. The number of fused-ring (bicyclic) bond motifs is 2. The van der Waals surface area contributed by atoms with E-state index in [1.54, 1.807) is 0 Å². The molecule has 1 saturated heterocycles. The first-order chi connectivity index (χ1) is 7.62. The largest absolute Gasteiger partial charge is 0.367 e. The van der Waals surface area contributed by atoms with Crippen LogP contribution < -0.4 is 4.90 Å². The van der Waals surface area contributed by atoms with Gasteiger partial charge in [0.25, 0.3) is 0 Å². The van der Waals surface area contributed by atoms with Gasteiger partial charge in [-0.15, -0.1) is 0 Å². The lowest BCUT2D eigenvalue weighted by Gasteiger charge is -2.47. The van der Waals surface area contributed by atoms with Gasteiger partial charge in [0.1, 0.15) is 0 Å². The summed E-state index contributed by atoms with van der Waals surface area (Å²) in [5.74, 6) is 0. The van der Waals surface area contributed by atoms with Crippen molar-refractivity contribution in [2.45, 2.75) is 25.3 Å². The van der Waals surface area contributed by atoms with Gasteiger partial charge in [-0.25, -0.2) is 0 Å². The summed E-state index contributed by atoms with van der Waals surface area (Å²) >= 11 is 0. The minimum atomic E-state index is 0.386. The first-order valence-corrected chi connectivity index (χ1v) is 6.02. The lowest BCUT2D eigenvalue weighted by Crippen LogP contribution is -2.59. The highest BCUT2D eigenvalue weighted by Crippen LogP contribution is 2.45. The Bertz CT molecular complexity index is 407.